The average Bonchev–Trinajstić information content (AvgIpc) is 3.00. The molecule has 0 aliphatic heterocycles. The summed E-state index contributed by atoms with van der Waals surface area (Å²) in [6.45, 7) is 0.593. The first-order valence-electron chi connectivity index (χ1n) is 4.92. The summed E-state index contributed by atoms with van der Waals surface area (Å²) >= 11 is 0. The maximum atomic E-state index is 10.9. The molecule has 80 valence electrons. The number of hydrogen-bond donors (Lipinski definition) is 2. The van der Waals surface area contributed by atoms with Crippen LogP contribution in [0.25, 0.3) is 0 Å². The van der Waals surface area contributed by atoms with Gasteiger partial charge in [0, 0.05) is 5.56 Å². The van der Waals surface area contributed by atoms with Gasteiger partial charge in [0.1, 0.15) is 0 Å². The highest BCUT2D eigenvalue weighted by Gasteiger charge is 2.22. The molecule has 0 saturated heterocycles. The molecule has 0 bridgehead atoms. The molecule has 1 aromatic rings. The van der Waals surface area contributed by atoms with Crippen molar-refractivity contribution >= 4 is 5.91 Å². The van der Waals surface area contributed by atoms with Crippen molar-refractivity contribution in [3.63, 3.8) is 0 Å². The molecule has 1 aliphatic carbocycles. The van der Waals surface area contributed by atoms with Crippen molar-refractivity contribution in [2.45, 2.75) is 12.8 Å². The van der Waals surface area contributed by atoms with Gasteiger partial charge in [0.25, 0.3) is 0 Å². The Hall–Kier alpha value is -1.71. The summed E-state index contributed by atoms with van der Waals surface area (Å²) in [7, 11) is 0. The normalized spacial score (nSPS) is 14.9. The maximum absolute atomic E-state index is 10.9. The van der Waals surface area contributed by atoms with E-state index in [1.807, 2.05) is 0 Å². The minimum atomic E-state index is -0.522. The fourth-order valence-corrected chi connectivity index (χ4v) is 1.28. The molecule has 15 heavy (non-hydrogen) atoms. The fourth-order valence-electron chi connectivity index (χ4n) is 1.28. The smallest absolute Gasteiger partial charge is 0.248 e. The monoisotopic (exact) mass is 207 g/mol. The molecule has 0 aromatic heterocycles. The van der Waals surface area contributed by atoms with Crippen LogP contribution in [0.1, 0.15) is 23.2 Å². The van der Waals surface area contributed by atoms with E-state index in [9.17, 15) is 9.90 Å². The molecular formula is C11H13NO3. The van der Waals surface area contributed by atoms with E-state index in [1.54, 1.807) is 0 Å². The van der Waals surface area contributed by atoms with Crippen LogP contribution < -0.4 is 10.5 Å². The Labute approximate surface area is 87.7 Å². The molecule has 3 N–H and O–H groups in total. The van der Waals surface area contributed by atoms with Crippen LogP contribution in [-0.4, -0.2) is 17.6 Å². The van der Waals surface area contributed by atoms with E-state index in [2.05, 4.69) is 0 Å². The molecule has 0 spiro atoms. The Balaban J connectivity index is 2.12. The third-order valence-electron chi connectivity index (χ3n) is 2.42. The summed E-state index contributed by atoms with van der Waals surface area (Å²) in [6, 6.07) is 4.37. The number of primary amides is 1. The quantitative estimate of drug-likeness (QED) is 0.781. The van der Waals surface area contributed by atoms with Crippen molar-refractivity contribution in [3.05, 3.63) is 23.8 Å². The lowest BCUT2D eigenvalue weighted by Crippen LogP contribution is -2.11. The molecular weight excluding hydrogens is 194 g/mol. The number of rotatable bonds is 4. The molecule has 4 nitrogen and oxygen atoms in total. The number of hydrogen-bond acceptors (Lipinski definition) is 3. The Morgan fingerprint density at radius 2 is 2.27 bits per heavy atom. The van der Waals surface area contributed by atoms with Crippen molar-refractivity contribution in [2.24, 2.45) is 11.7 Å². The zero-order chi connectivity index (χ0) is 10.8. The van der Waals surface area contributed by atoms with Crippen molar-refractivity contribution in [1.29, 1.82) is 0 Å². The third kappa shape index (κ3) is 2.40. The second-order valence-electron chi connectivity index (χ2n) is 3.80. The first-order valence-corrected chi connectivity index (χ1v) is 4.92. The second kappa shape index (κ2) is 3.81. The van der Waals surface area contributed by atoms with Gasteiger partial charge in [-0.3, -0.25) is 4.79 Å². The summed E-state index contributed by atoms with van der Waals surface area (Å²) in [4.78, 5) is 10.9. The Kier molecular flexibility index (Phi) is 2.49. The maximum Gasteiger partial charge on any atom is 0.248 e. The number of phenols is 1. The van der Waals surface area contributed by atoms with E-state index in [0.717, 1.165) is 0 Å². The number of carbonyl (C=O) groups is 1. The number of phenolic OH excluding ortho intramolecular Hbond substituents is 1. The number of amides is 1. The fraction of sp³-hybridized carbons (Fsp3) is 0.364. The van der Waals surface area contributed by atoms with Gasteiger partial charge < -0.3 is 15.6 Å². The molecule has 0 radical (unpaired) electrons. The van der Waals surface area contributed by atoms with Crippen molar-refractivity contribution in [3.8, 4) is 11.5 Å². The largest absolute Gasteiger partial charge is 0.504 e. The average molecular weight is 207 g/mol. The Morgan fingerprint density at radius 1 is 1.53 bits per heavy atom. The van der Waals surface area contributed by atoms with Gasteiger partial charge in [-0.15, -0.1) is 0 Å². The lowest BCUT2D eigenvalue weighted by atomic mass is 10.2. The van der Waals surface area contributed by atoms with E-state index in [4.69, 9.17) is 10.5 Å². The Bertz CT molecular complexity index is 385. The van der Waals surface area contributed by atoms with Crippen molar-refractivity contribution < 1.29 is 14.6 Å². The number of ether oxygens (including phenoxy) is 1. The van der Waals surface area contributed by atoms with Crippen molar-refractivity contribution in [2.75, 3.05) is 6.61 Å². The van der Waals surface area contributed by atoms with E-state index in [1.165, 1.54) is 31.0 Å². The summed E-state index contributed by atoms with van der Waals surface area (Å²) in [5.74, 6) is 0.451. The van der Waals surface area contributed by atoms with Crippen LogP contribution in [0.2, 0.25) is 0 Å². The standard InChI is InChI=1S/C11H13NO3/c12-11(14)8-3-4-9(13)10(5-8)15-6-7-1-2-7/h3-5,7,13H,1-2,6H2,(H2,12,14). The van der Waals surface area contributed by atoms with Gasteiger partial charge in [-0.25, -0.2) is 0 Å². The lowest BCUT2D eigenvalue weighted by Gasteiger charge is -2.08. The van der Waals surface area contributed by atoms with Gasteiger partial charge in [-0.2, -0.15) is 0 Å². The molecule has 2 rings (SSSR count). The van der Waals surface area contributed by atoms with Crippen LogP contribution in [0.4, 0.5) is 0 Å². The molecule has 1 fully saturated rings. The predicted molar refractivity (Wildman–Crippen MR) is 54.8 cm³/mol. The summed E-state index contributed by atoms with van der Waals surface area (Å²) in [6.07, 6.45) is 2.35. The molecule has 1 amide bonds. The van der Waals surface area contributed by atoms with E-state index in [-0.39, 0.29) is 5.75 Å². The second-order valence-corrected chi connectivity index (χ2v) is 3.80. The third-order valence-corrected chi connectivity index (χ3v) is 2.42. The lowest BCUT2D eigenvalue weighted by molar-refractivity contribution is 0.1000. The molecule has 0 atom stereocenters. The number of carbonyl (C=O) groups excluding carboxylic acids is 1. The minimum absolute atomic E-state index is 0.0423. The van der Waals surface area contributed by atoms with Crippen LogP contribution in [0.3, 0.4) is 0 Å². The predicted octanol–water partition coefficient (Wildman–Crippen LogP) is 1.28. The van der Waals surface area contributed by atoms with Crippen LogP contribution in [0, 0.1) is 5.92 Å². The van der Waals surface area contributed by atoms with Gasteiger partial charge >= 0.3 is 0 Å². The van der Waals surface area contributed by atoms with Crippen LogP contribution in [0.15, 0.2) is 18.2 Å². The van der Waals surface area contributed by atoms with Gasteiger partial charge in [0.05, 0.1) is 6.61 Å². The SMILES string of the molecule is NC(=O)c1ccc(O)c(OCC2CC2)c1. The zero-order valence-electron chi connectivity index (χ0n) is 8.27. The van der Waals surface area contributed by atoms with Gasteiger partial charge in [-0.1, -0.05) is 0 Å². The summed E-state index contributed by atoms with van der Waals surface area (Å²) < 4.78 is 5.39. The highest BCUT2D eigenvalue weighted by molar-refractivity contribution is 5.93. The minimum Gasteiger partial charge on any atom is -0.504 e. The van der Waals surface area contributed by atoms with Crippen LogP contribution in [-0.2, 0) is 0 Å². The number of benzene rings is 1. The topological polar surface area (TPSA) is 72.6 Å². The molecule has 4 heteroatoms. The van der Waals surface area contributed by atoms with Crippen LogP contribution >= 0.6 is 0 Å². The summed E-state index contributed by atoms with van der Waals surface area (Å²) in [5, 5.41) is 9.47. The van der Waals surface area contributed by atoms with Crippen LogP contribution in [0.5, 0.6) is 11.5 Å². The van der Waals surface area contributed by atoms with Crippen molar-refractivity contribution in [1.82, 2.24) is 0 Å². The molecule has 1 saturated carbocycles. The molecule has 1 aromatic carbocycles. The Morgan fingerprint density at radius 3 is 2.87 bits per heavy atom. The zero-order valence-corrected chi connectivity index (χ0v) is 8.27. The van der Waals surface area contributed by atoms with E-state index >= 15 is 0 Å². The number of nitrogens with two attached hydrogens (primary N) is 1. The van der Waals surface area contributed by atoms with E-state index < -0.39 is 5.91 Å². The number of aromatic hydroxyl groups is 1. The molecule has 0 unspecified atom stereocenters. The van der Waals surface area contributed by atoms with Gasteiger partial charge in [0.2, 0.25) is 5.91 Å². The van der Waals surface area contributed by atoms with Gasteiger partial charge in [-0.05, 0) is 37.0 Å². The highest BCUT2D eigenvalue weighted by atomic mass is 16.5. The molecule has 0 heterocycles. The first kappa shape index (κ1) is 9.83. The van der Waals surface area contributed by atoms with Gasteiger partial charge in [0.15, 0.2) is 11.5 Å². The molecule has 1 aliphatic rings. The highest BCUT2D eigenvalue weighted by Crippen LogP contribution is 2.32. The van der Waals surface area contributed by atoms with E-state index in [0.29, 0.717) is 23.8 Å². The summed E-state index contributed by atoms with van der Waals surface area (Å²) in [5.41, 5.74) is 5.47. The first-order chi connectivity index (χ1) is 7.16.